The summed E-state index contributed by atoms with van der Waals surface area (Å²) < 4.78 is 24.3. The van der Waals surface area contributed by atoms with Crippen LogP contribution in [0, 0.1) is 0 Å². The number of carbonyl (C=O) groups is 1. The highest BCUT2D eigenvalue weighted by Gasteiger charge is 2.32. The van der Waals surface area contributed by atoms with Crippen LogP contribution in [0.25, 0.3) is 10.9 Å². The second kappa shape index (κ2) is 5.31. The molecule has 0 radical (unpaired) electrons. The Balaban J connectivity index is 2.26. The van der Waals surface area contributed by atoms with Crippen molar-refractivity contribution in [3.8, 4) is 0 Å². The van der Waals surface area contributed by atoms with Gasteiger partial charge in [-0.25, -0.2) is 13.4 Å². The van der Waals surface area contributed by atoms with E-state index in [1.165, 1.54) is 27.7 Å². The van der Waals surface area contributed by atoms with Crippen LogP contribution in [0.1, 0.15) is 18.3 Å². The molecule has 0 aliphatic carbocycles. The minimum atomic E-state index is -3.95. The molecule has 1 aromatic carbocycles. The summed E-state index contributed by atoms with van der Waals surface area (Å²) in [5.41, 5.74) is -0.0341. The van der Waals surface area contributed by atoms with E-state index in [4.69, 9.17) is 10.7 Å². The monoisotopic (exact) mass is 355 g/mol. The first kappa shape index (κ1) is 15.9. The van der Waals surface area contributed by atoms with Gasteiger partial charge in [-0.1, -0.05) is 0 Å². The molecule has 3 rings (SSSR count). The predicted octanol–water partition coefficient (Wildman–Crippen LogP) is 0.899. The van der Waals surface area contributed by atoms with Crippen molar-refractivity contribution in [3.05, 3.63) is 34.4 Å². The Hall–Kier alpha value is -1.93. The summed E-state index contributed by atoms with van der Waals surface area (Å²) in [4.78, 5) is 30.6. The molecule has 122 valence electrons. The Bertz CT molecular complexity index is 981. The molecule has 1 atom stereocenters. The first-order valence-corrected chi connectivity index (χ1v) is 9.22. The van der Waals surface area contributed by atoms with E-state index < -0.39 is 20.7 Å². The van der Waals surface area contributed by atoms with Gasteiger partial charge in [0.2, 0.25) is 5.91 Å². The molecule has 0 N–H and O–H groups in total. The fourth-order valence-electron chi connectivity index (χ4n) is 2.80. The first-order valence-electron chi connectivity index (χ1n) is 6.91. The zero-order valence-electron chi connectivity index (χ0n) is 12.5. The van der Waals surface area contributed by atoms with Crippen LogP contribution in [0.2, 0.25) is 0 Å². The summed E-state index contributed by atoms with van der Waals surface area (Å²) in [5, 5.41) is 0.133. The molecule has 1 amide bonds. The van der Waals surface area contributed by atoms with E-state index in [1.807, 2.05) is 0 Å². The predicted molar refractivity (Wildman–Crippen MR) is 85.1 cm³/mol. The number of halogens is 1. The van der Waals surface area contributed by atoms with Crippen molar-refractivity contribution in [2.75, 3.05) is 14.1 Å². The summed E-state index contributed by atoms with van der Waals surface area (Å²) in [5.74, 6) is 0.345. The third-order valence-electron chi connectivity index (χ3n) is 3.91. The number of benzene rings is 1. The molecule has 0 bridgehead atoms. The minimum Gasteiger partial charge on any atom is -0.347 e. The molecule has 9 heteroatoms. The Labute approximate surface area is 136 Å². The molecular formula is C14H14ClN3O4S. The summed E-state index contributed by atoms with van der Waals surface area (Å²) in [6.45, 7) is 0. The van der Waals surface area contributed by atoms with Gasteiger partial charge in [0.15, 0.2) is 0 Å². The molecule has 0 spiro atoms. The van der Waals surface area contributed by atoms with Gasteiger partial charge in [-0.15, -0.1) is 0 Å². The topological polar surface area (TPSA) is 89.3 Å². The molecule has 2 aromatic rings. The summed E-state index contributed by atoms with van der Waals surface area (Å²) in [6, 6.07) is 3.36. The van der Waals surface area contributed by atoms with Crippen molar-refractivity contribution in [2.45, 2.75) is 23.8 Å². The molecule has 1 aliphatic heterocycles. The van der Waals surface area contributed by atoms with Crippen LogP contribution in [0.15, 0.2) is 27.9 Å². The van der Waals surface area contributed by atoms with Crippen molar-refractivity contribution in [2.24, 2.45) is 0 Å². The SMILES string of the molecule is CN(C)C(=O)[C@H]1CCc2nc3ccc(S(=O)(=O)Cl)cc3c(=O)n21. The van der Waals surface area contributed by atoms with E-state index in [0.717, 1.165) is 0 Å². The Morgan fingerprint density at radius 1 is 1.39 bits per heavy atom. The standard InChI is InChI=1S/C14H14ClN3O4S/c1-17(2)14(20)11-5-6-12-16-10-4-3-8(23(15,21)22)7-9(10)13(19)18(11)12/h3-4,7,11H,5-6H2,1-2H3/t11-/m1/s1. The smallest absolute Gasteiger partial charge is 0.262 e. The van der Waals surface area contributed by atoms with Crippen molar-refractivity contribution >= 4 is 36.5 Å². The number of carbonyl (C=O) groups excluding carboxylic acids is 1. The molecule has 0 fully saturated rings. The lowest BCUT2D eigenvalue weighted by atomic mass is 10.2. The largest absolute Gasteiger partial charge is 0.347 e. The lowest BCUT2D eigenvalue weighted by molar-refractivity contribution is -0.132. The molecule has 2 heterocycles. The zero-order chi connectivity index (χ0) is 16.9. The average molecular weight is 356 g/mol. The molecule has 0 saturated heterocycles. The van der Waals surface area contributed by atoms with E-state index in [-0.39, 0.29) is 16.2 Å². The molecule has 23 heavy (non-hydrogen) atoms. The van der Waals surface area contributed by atoms with E-state index in [9.17, 15) is 18.0 Å². The van der Waals surface area contributed by atoms with E-state index >= 15 is 0 Å². The fraction of sp³-hybridized carbons (Fsp3) is 0.357. The number of fused-ring (bicyclic) bond motifs is 2. The quantitative estimate of drug-likeness (QED) is 0.747. The van der Waals surface area contributed by atoms with Crippen molar-refractivity contribution in [1.82, 2.24) is 14.5 Å². The normalized spacial score (nSPS) is 17.3. The van der Waals surface area contributed by atoms with Crippen LogP contribution < -0.4 is 5.56 Å². The molecule has 7 nitrogen and oxygen atoms in total. The second-order valence-corrected chi connectivity index (χ2v) is 8.17. The Morgan fingerprint density at radius 3 is 2.70 bits per heavy atom. The summed E-state index contributed by atoms with van der Waals surface area (Å²) >= 11 is 0. The zero-order valence-corrected chi connectivity index (χ0v) is 14.1. The number of amides is 1. The molecule has 0 saturated carbocycles. The van der Waals surface area contributed by atoms with Crippen molar-refractivity contribution in [1.29, 1.82) is 0 Å². The number of nitrogens with zero attached hydrogens (tertiary/aromatic N) is 3. The van der Waals surface area contributed by atoms with Gasteiger partial charge in [0.1, 0.15) is 11.9 Å². The maximum atomic E-state index is 12.8. The number of aromatic nitrogens is 2. The van der Waals surface area contributed by atoms with Gasteiger partial charge in [-0.05, 0) is 24.6 Å². The van der Waals surface area contributed by atoms with Gasteiger partial charge in [-0.3, -0.25) is 14.2 Å². The van der Waals surface area contributed by atoms with Crippen molar-refractivity contribution in [3.63, 3.8) is 0 Å². The lowest BCUT2D eigenvalue weighted by Gasteiger charge is -2.18. The molecular weight excluding hydrogens is 342 g/mol. The van der Waals surface area contributed by atoms with Gasteiger partial charge >= 0.3 is 0 Å². The second-order valence-electron chi connectivity index (χ2n) is 5.61. The maximum absolute atomic E-state index is 12.8. The Kier molecular flexibility index (Phi) is 3.68. The van der Waals surface area contributed by atoms with Gasteiger partial charge in [0.25, 0.3) is 14.6 Å². The maximum Gasteiger partial charge on any atom is 0.262 e. The highest BCUT2D eigenvalue weighted by atomic mass is 35.7. The first-order chi connectivity index (χ1) is 10.7. The van der Waals surface area contributed by atoms with E-state index in [1.54, 1.807) is 14.1 Å². The molecule has 1 aliphatic rings. The van der Waals surface area contributed by atoms with E-state index in [0.29, 0.717) is 24.2 Å². The third-order valence-corrected chi connectivity index (χ3v) is 5.26. The number of likely N-dealkylation sites (N-methyl/N-ethyl adjacent to an activating group) is 1. The molecule has 0 unspecified atom stereocenters. The highest BCUT2D eigenvalue weighted by molar-refractivity contribution is 8.13. The fourth-order valence-corrected chi connectivity index (χ4v) is 3.58. The van der Waals surface area contributed by atoms with E-state index in [2.05, 4.69) is 4.98 Å². The highest BCUT2D eigenvalue weighted by Crippen LogP contribution is 2.26. The van der Waals surface area contributed by atoms with Gasteiger partial charge in [-0.2, -0.15) is 0 Å². The number of rotatable bonds is 2. The van der Waals surface area contributed by atoms with Crippen molar-refractivity contribution < 1.29 is 13.2 Å². The van der Waals surface area contributed by atoms with Gasteiger partial charge in [0, 0.05) is 31.2 Å². The van der Waals surface area contributed by atoms with Crippen LogP contribution in [0.4, 0.5) is 0 Å². The third kappa shape index (κ3) is 2.61. The van der Waals surface area contributed by atoms with Crippen LogP contribution in [-0.4, -0.2) is 42.9 Å². The lowest BCUT2D eigenvalue weighted by Crippen LogP contribution is -2.35. The van der Waals surface area contributed by atoms with Gasteiger partial charge < -0.3 is 4.90 Å². The summed E-state index contributed by atoms with van der Waals surface area (Å²) in [6.07, 6.45) is 1.02. The van der Waals surface area contributed by atoms with Crippen LogP contribution in [0.3, 0.4) is 0 Å². The Morgan fingerprint density at radius 2 is 2.09 bits per heavy atom. The average Bonchev–Trinajstić information content (AvgIpc) is 2.89. The van der Waals surface area contributed by atoms with Gasteiger partial charge in [0.05, 0.1) is 15.8 Å². The number of aryl methyl sites for hydroxylation is 1. The number of hydrogen-bond donors (Lipinski definition) is 0. The van der Waals surface area contributed by atoms with Crippen LogP contribution >= 0.6 is 10.7 Å². The summed E-state index contributed by atoms with van der Waals surface area (Å²) in [7, 11) is 4.63. The minimum absolute atomic E-state index is 0.133. The van der Waals surface area contributed by atoms with Crippen LogP contribution in [0.5, 0.6) is 0 Å². The molecule has 1 aromatic heterocycles. The number of hydrogen-bond acceptors (Lipinski definition) is 5. The van der Waals surface area contributed by atoms with Crippen LogP contribution in [-0.2, 0) is 20.3 Å².